The molecular formula is C24H25FN4O3S. The van der Waals surface area contributed by atoms with Gasteiger partial charge in [-0.25, -0.2) is 17.5 Å². The van der Waals surface area contributed by atoms with Gasteiger partial charge in [0.05, 0.1) is 23.1 Å². The molecular weight excluding hydrogens is 443 g/mol. The Balaban J connectivity index is 1.36. The van der Waals surface area contributed by atoms with Crippen molar-refractivity contribution in [3.8, 4) is 5.69 Å². The van der Waals surface area contributed by atoms with Crippen molar-refractivity contribution in [2.45, 2.75) is 30.6 Å². The molecule has 2 fully saturated rings. The number of aromatic nitrogens is 2. The van der Waals surface area contributed by atoms with E-state index in [-0.39, 0.29) is 37.0 Å². The number of rotatable bonds is 5. The third kappa shape index (κ3) is 3.95. The minimum atomic E-state index is -3.95. The predicted octanol–water partition coefficient (Wildman–Crippen LogP) is 3.34. The van der Waals surface area contributed by atoms with E-state index in [1.54, 1.807) is 11.1 Å². The van der Waals surface area contributed by atoms with Crippen LogP contribution in [0.15, 0.2) is 59.6 Å². The molecule has 5 rings (SSSR count). The zero-order valence-electron chi connectivity index (χ0n) is 18.3. The van der Waals surface area contributed by atoms with Gasteiger partial charge >= 0.3 is 0 Å². The highest BCUT2D eigenvalue weighted by Gasteiger charge is 2.36. The maximum atomic E-state index is 14.1. The molecule has 33 heavy (non-hydrogen) atoms. The van der Waals surface area contributed by atoms with Gasteiger partial charge in [-0.3, -0.25) is 4.79 Å². The van der Waals surface area contributed by atoms with Crippen LogP contribution in [0.25, 0.3) is 5.69 Å². The van der Waals surface area contributed by atoms with E-state index in [0.717, 1.165) is 35.9 Å². The van der Waals surface area contributed by atoms with Crippen LogP contribution in [0.2, 0.25) is 0 Å². The zero-order chi connectivity index (χ0) is 23.2. The monoisotopic (exact) mass is 468 g/mol. The molecule has 0 N–H and O–H groups in total. The summed E-state index contributed by atoms with van der Waals surface area (Å²) in [6.07, 6.45) is 3.67. The average molecular weight is 469 g/mol. The molecule has 2 aliphatic rings. The van der Waals surface area contributed by atoms with Gasteiger partial charge in [-0.15, -0.1) is 0 Å². The Hall–Kier alpha value is -3.04. The van der Waals surface area contributed by atoms with Crippen LogP contribution in [0.5, 0.6) is 0 Å². The number of sulfonamides is 1. The van der Waals surface area contributed by atoms with Gasteiger partial charge < -0.3 is 4.90 Å². The minimum absolute atomic E-state index is 0.118. The van der Waals surface area contributed by atoms with Gasteiger partial charge in [0.15, 0.2) is 0 Å². The lowest BCUT2D eigenvalue weighted by atomic mass is 10.1. The summed E-state index contributed by atoms with van der Waals surface area (Å²) in [4.78, 5) is 14.7. The number of para-hydroxylation sites is 1. The molecule has 9 heteroatoms. The summed E-state index contributed by atoms with van der Waals surface area (Å²) in [5.74, 6) is -0.609. The highest BCUT2D eigenvalue weighted by molar-refractivity contribution is 7.89. The van der Waals surface area contributed by atoms with Crippen molar-refractivity contribution in [2.75, 3.05) is 26.2 Å². The highest BCUT2D eigenvalue weighted by atomic mass is 32.2. The molecule has 172 valence electrons. The second-order valence-corrected chi connectivity index (χ2v) is 10.4. The number of amides is 1. The number of carbonyl (C=O) groups excluding carboxylic acids is 1. The smallest absolute Gasteiger partial charge is 0.257 e. The molecule has 2 heterocycles. The van der Waals surface area contributed by atoms with E-state index in [2.05, 4.69) is 5.10 Å². The summed E-state index contributed by atoms with van der Waals surface area (Å²) < 4.78 is 42.9. The van der Waals surface area contributed by atoms with Crippen LogP contribution in [-0.4, -0.2) is 59.5 Å². The molecule has 1 aliphatic heterocycles. The second-order valence-electron chi connectivity index (χ2n) is 8.54. The van der Waals surface area contributed by atoms with Crippen LogP contribution >= 0.6 is 0 Å². The van der Waals surface area contributed by atoms with Crippen molar-refractivity contribution in [1.29, 1.82) is 0 Å². The molecule has 0 atom stereocenters. The summed E-state index contributed by atoms with van der Waals surface area (Å²) in [5.41, 5.74) is 3.54. The van der Waals surface area contributed by atoms with Crippen molar-refractivity contribution in [1.82, 2.24) is 19.0 Å². The fraction of sp³-hybridized carbons (Fsp3) is 0.333. The number of hydrogen-bond donors (Lipinski definition) is 0. The molecule has 7 nitrogen and oxygen atoms in total. The largest absolute Gasteiger partial charge is 0.336 e. The van der Waals surface area contributed by atoms with E-state index in [9.17, 15) is 17.6 Å². The lowest BCUT2D eigenvalue weighted by Gasteiger charge is -2.34. The summed E-state index contributed by atoms with van der Waals surface area (Å²) >= 11 is 0. The molecule has 1 saturated carbocycles. The van der Waals surface area contributed by atoms with Gasteiger partial charge in [-0.1, -0.05) is 30.3 Å². The van der Waals surface area contributed by atoms with E-state index >= 15 is 0 Å². The first kappa shape index (κ1) is 21.8. The van der Waals surface area contributed by atoms with Crippen molar-refractivity contribution < 1.29 is 17.6 Å². The van der Waals surface area contributed by atoms with Crippen molar-refractivity contribution >= 4 is 15.9 Å². The summed E-state index contributed by atoms with van der Waals surface area (Å²) in [6, 6.07) is 13.3. The number of piperazine rings is 1. The maximum absolute atomic E-state index is 14.1. The predicted molar refractivity (Wildman–Crippen MR) is 121 cm³/mol. The van der Waals surface area contributed by atoms with Crippen molar-refractivity contribution in [3.05, 3.63) is 77.4 Å². The average Bonchev–Trinajstić information content (AvgIpc) is 3.57. The molecule has 0 unspecified atom stereocenters. The lowest BCUT2D eigenvalue weighted by Crippen LogP contribution is -2.50. The number of benzene rings is 2. The van der Waals surface area contributed by atoms with Gasteiger partial charge in [0.2, 0.25) is 10.0 Å². The molecule has 1 aromatic heterocycles. The standard InChI is InChI=1S/C24H25FN4O3S/c1-17-6-2-4-8-21(17)29-23(18-10-11-18)19(16-26-29)24(30)27-12-14-28(15-13-27)33(31,32)22-9-5-3-7-20(22)25/h2-9,16,18H,10-15H2,1H3. The number of nitrogens with zero attached hydrogens (tertiary/aromatic N) is 4. The zero-order valence-corrected chi connectivity index (χ0v) is 19.1. The lowest BCUT2D eigenvalue weighted by molar-refractivity contribution is 0.0696. The van der Waals surface area contributed by atoms with Gasteiger partial charge in [0.1, 0.15) is 10.7 Å². The Kier molecular flexibility index (Phi) is 5.54. The highest BCUT2D eigenvalue weighted by Crippen LogP contribution is 2.43. The van der Waals surface area contributed by atoms with Crippen LogP contribution in [0.3, 0.4) is 0 Å². The van der Waals surface area contributed by atoms with Crippen LogP contribution in [-0.2, 0) is 10.0 Å². The van der Waals surface area contributed by atoms with Crippen LogP contribution in [0.1, 0.15) is 40.4 Å². The maximum Gasteiger partial charge on any atom is 0.257 e. The molecule has 0 spiro atoms. The third-order valence-corrected chi connectivity index (χ3v) is 8.26. The van der Waals surface area contributed by atoms with Crippen LogP contribution < -0.4 is 0 Å². The van der Waals surface area contributed by atoms with E-state index in [0.29, 0.717) is 11.5 Å². The summed E-state index contributed by atoms with van der Waals surface area (Å²) in [7, 11) is -3.95. The Morgan fingerprint density at radius 2 is 1.67 bits per heavy atom. The quantitative estimate of drug-likeness (QED) is 0.576. The fourth-order valence-corrected chi connectivity index (χ4v) is 5.85. The van der Waals surface area contributed by atoms with E-state index in [4.69, 9.17) is 0 Å². The molecule has 0 radical (unpaired) electrons. The summed E-state index contributed by atoms with van der Waals surface area (Å²) in [5, 5.41) is 4.55. The summed E-state index contributed by atoms with van der Waals surface area (Å²) in [6.45, 7) is 2.74. The number of aryl methyl sites for hydroxylation is 1. The topological polar surface area (TPSA) is 75.5 Å². The van der Waals surface area contributed by atoms with E-state index in [1.807, 2.05) is 35.9 Å². The third-order valence-electron chi connectivity index (χ3n) is 6.32. The van der Waals surface area contributed by atoms with Gasteiger partial charge in [0, 0.05) is 32.1 Å². The van der Waals surface area contributed by atoms with Gasteiger partial charge in [-0.2, -0.15) is 9.40 Å². The Bertz CT molecular complexity index is 1310. The molecule has 1 amide bonds. The minimum Gasteiger partial charge on any atom is -0.336 e. The Labute approximate surface area is 192 Å². The molecule has 1 aliphatic carbocycles. The van der Waals surface area contributed by atoms with Gasteiger partial charge in [0.25, 0.3) is 5.91 Å². The second kappa shape index (κ2) is 8.39. The number of hydrogen-bond acceptors (Lipinski definition) is 4. The number of carbonyl (C=O) groups is 1. The van der Waals surface area contributed by atoms with Crippen LogP contribution in [0.4, 0.5) is 4.39 Å². The first-order valence-corrected chi connectivity index (χ1v) is 12.5. The molecule has 2 aromatic carbocycles. The Morgan fingerprint density at radius 1 is 1.00 bits per heavy atom. The van der Waals surface area contributed by atoms with Crippen molar-refractivity contribution in [3.63, 3.8) is 0 Å². The Morgan fingerprint density at radius 3 is 2.33 bits per heavy atom. The van der Waals surface area contributed by atoms with E-state index in [1.165, 1.54) is 22.5 Å². The number of halogens is 1. The van der Waals surface area contributed by atoms with Gasteiger partial charge in [-0.05, 0) is 43.5 Å². The van der Waals surface area contributed by atoms with Crippen molar-refractivity contribution in [2.24, 2.45) is 0 Å². The molecule has 0 bridgehead atoms. The SMILES string of the molecule is Cc1ccccc1-n1ncc(C(=O)N2CCN(S(=O)(=O)c3ccccc3F)CC2)c1C1CC1. The molecule has 1 saturated heterocycles. The fourth-order valence-electron chi connectivity index (χ4n) is 4.36. The first-order valence-electron chi connectivity index (χ1n) is 11.1. The normalized spacial score (nSPS) is 17.3. The van der Waals surface area contributed by atoms with Crippen LogP contribution in [0, 0.1) is 12.7 Å². The van der Waals surface area contributed by atoms with E-state index < -0.39 is 15.8 Å². The molecule has 3 aromatic rings. The first-order chi connectivity index (χ1) is 15.9.